The van der Waals surface area contributed by atoms with Gasteiger partial charge in [0, 0.05) is 6.07 Å². The van der Waals surface area contributed by atoms with Crippen LogP contribution in [0.25, 0.3) is 0 Å². The molecule has 0 aliphatic carbocycles. The number of hydrogen-bond acceptors (Lipinski definition) is 4. The molecule has 1 aliphatic heterocycles. The zero-order valence-electron chi connectivity index (χ0n) is 10.3. The van der Waals surface area contributed by atoms with Gasteiger partial charge in [-0.05, 0) is 25.1 Å². The maximum absolute atomic E-state index is 11.0. The molecule has 0 amide bonds. The maximum atomic E-state index is 11.0. The summed E-state index contributed by atoms with van der Waals surface area (Å²) in [5, 5.41) is 12.2. The summed E-state index contributed by atoms with van der Waals surface area (Å²) in [6, 6.07) is 7.15. The highest BCUT2D eigenvalue weighted by molar-refractivity contribution is 5.71. The molecule has 1 fully saturated rings. The fourth-order valence-corrected chi connectivity index (χ4v) is 2.12. The van der Waals surface area contributed by atoms with Gasteiger partial charge in [0.05, 0.1) is 19.1 Å². The highest BCUT2D eigenvalue weighted by atomic mass is 16.5. The summed E-state index contributed by atoms with van der Waals surface area (Å²) in [6.45, 7) is 1.08. The molecule has 1 heterocycles. The molecular formula is C13H17NO4. The Morgan fingerprint density at radius 2 is 2.28 bits per heavy atom. The Morgan fingerprint density at radius 1 is 1.50 bits per heavy atom. The lowest BCUT2D eigenvalue weighted by molar-refractivity contribution is -0.142. The van der Waals surface area contributed by atoms with Gasteiger partial charge in [-0.1, -0.05) is 6.07 Å². The quantitative estimate of drug-likeness (QED) is 0.821. The largest absolute Gasteiger partial charge is 0.497 e. The van der Waals surface area contributed by atoms with Gasteiger partial charge in [-0.15, -0.1) is 0 Å². The summed E-state index contributed by atoms with van der Waals surface area (Å²) in [5.41, 5.74) is 0. The molecule has 18 heavy (non-hydrogen) atoms. The number of ether oxygens (including phenoxy) is 2. The van der Waals surface area contributed by atoms with Crippen molar-refractivity contribution in [1.82, 2.24) is 5.32 Å². The molecule has 1 aliphatic rings. The van der Waals surface area contributed by atoms with E-state index < -0.39 is 5.97 Å². The van der Waals surface area contributed by atoms with Crippen molar-refractivity contribution >= 4 is 5.97 Å². The molecule has 0 radical (unpaired) electrons. The SMILES string of the molecule is COc1cccc(OCC2NCCC2C(=O)O)c1. The van der Waals surface area contributed by atoms with Crippen LogP contribution < -0.4 is 14.8 Å². The molecule has 0 saturated carbocycles. The van der Waals surface area contributed by atoms with Crippen LogP contribution >= 0.6 is 0 Å². The van der Waals surface area contributed by atoms with Crippen LogP contribution in [-0.2, 0) is 4.79 Å². The molecule has 2 atom stereocenters. The Morgan fingerprint density at radius 3 is 3.00 bits per heavy atom. The van der Waals surface area contributed by atoms with Gasteiger partial charge in [-0.2, -0.15) is 0 Å². The first-order chi connectivity index (χ1) is 8.70. The number of nitrogens with one attached hydrogen (secondary N) is 1. The number of hydrogen-bond donors (Lipinski definition) is 2. The predicted octanol–water partition coefficient (Wildman–Crippen LogP) is 1.14. The lowest BCUT2D eigenvalue weighted by atomic mass is 10.0. The van der Waals surface area contributed by atoms with Crippen molar-refractivity contribution in [3.05, 3.63) is 24.3 Å². The van der Waals surface area contributed by atoms with E-state index in [1.807, 2.05) is 18.2 Å². The van der Waals surface area contributed by atoms with E-state index in [0.717, 1.165) is 12.3 Å². The van der Waals surface area contributed by atoms with Crippen LogP contribution in [0.1, 0.15) is 6.42 Å². The summed E-state index contributed by atoms with van der Waals surface area (Å²) in [4.78, 5) is 11.0. The van der Waals surface area contributed by atoms with E-state index in [2.05, 4.69) is 5.32 Å². The van der Waals surface area contributed by atoms with Crippen molar-refractivity contribution in [1.29, 1.82) is 0 Å². The maximum Gasteiger partial charge on any atom is 0.308 e. The average molecular weight is 251 g/mol. The van der Waals surface area contributed by atoms with Crippen LogP contribution in [0, 0.1) is 5.92 Å². The third-order valence-corrected chi connectivity index (χ3v) is 3.14. The highest BCUT2D eigenvalue weighted by Crippen LogP contribution is 2.21. The molecule has 98 valence electrons. The highest BCUT2D eigenvalue weighted by Gasteiger charge is 2.32. The summed E-state index contributed by atoms with van der Waals surface area (Å²) in [6.07, 6.45) is 0.654. The van der Waals surface area contributed by atoms with E-state index in [0.29, 0.717) is 18.8 Å². The van der Waals surface area contributed by atoms with Gasteiger partial charge in [0.1, 0.15) is 18.1 Å². The van der Waals surface area contributed by atoms with Gasteiger partial charge < -0.3 is 19.9 Å². The predicted molar refractivity (Wildman–Crippen MR) is 66.0 cm³/mol. The molecule has 1 aromatic carbocycles. The molecule has 1 saturated heterocycles. The molecule has 2 rings (SSSR count). The Balaban J connectivity index is 1.92. The Kier molecular flexibility index (Phi) is 4.04. The molecule has 2 unspecified atom stereocenters. The van der Waals surface area contributed by atoms with Crippen molar-refractivity contribution < 1.29 is 19.4 Å². The van der Waals surface area contributed by atoms with Crippen LogP contribution in [0.5, 0.6) is 11.5 Å². The first kappa shape index (κ1) is 12.7. The Hall–Kier alpha value is -1.75. The number of rotatable bonds is 5. The van der Waals surface area contributed by atoms with Gasteiger partial charge in [0.2, 0.25) is 0 Å². The molecule has 0 spiro atoms. The Bertz CT molecular complexity index is 421. The number of methoxy groups -OCH3 is 1. The lowest BCUT2D eigenvalue weighted by Gasteiger charge is -2.17. The summed E-state index contributed by atoms with van der Waals surface area (Å²) in [5.74, 6) is 0.281. The zero-order chi connectivity index (χ0) is 13.0. The second kappa shape index (κ2) is 5.73. The lowest BCUT2D eigenvalue weighted by Crippen LogP contribution is -2.36. The number of carboxylic acids is 1. The molecule has 2 N–H and O–H groups in total. The first-order valence-corrected chi connectivity index (χ1v) is 5.94. The zero-order valence-corrected chi connectivity index (χ0v) is 10.3. The number of aliphatic carboxylic acids is 1. The van der Waals surface area contributed by atoms with Crippen molar-refractivity contribution in [2.75, 3.05) is 20.3 Å². The second-order valence-electron chi connectivity index (χ2n) is 4.28. The summed E-state index contributed by atoms with van der Waals surface area (Å²) < 4.78 is 10.7. The minimum Gasteiger partial charge on any atom is -0.497 e. The fraction of sp³-hybridized carbons (Fsp3) is 0.462. The number of carboxylic acid groups (broad SMARTS) is 1. The van der Waals surface area contributed by atoms with Crippen LogP contribution in [0.15, 0.2) is 24.3 Å². The second-order valence-corrected chi connectivity index (χ2v) is 4.28. The molecular weight excluding hydrogens is 234 g/mol. The van der Waals surface area contributed by atoms with Crippen LogP contribution in [-0.4, -0.2) is 37.4 Å². The normalized spacial score (nSPS) is 22.7. The van der Waals surface area contributed by atoms with Crippen molar-refractivity contribution in [3.8, 4) is 11.5 Å². The van der Waals surface area contributed by atoms with E-state index in [4.69, 9.17) is 14.6 Å². The smallest absolute Gasteiger partial charge is 0.308 e. The summed E-state index contributed by atoms with van der Waals surface area (Å²) >= 11 is 0. The standard InChI is InChI=1S/C13H17NO4/c1-17-9-3-2-4-10(7-9)18-8-12-11(13(15)16)5-6-14-12/h2-4,7,11-12,14H,5-6,8H2,1H3,(H,15,16). The van der Waals surface area contributed by atoms with E-state index in [1.165, 1.54) is 0 Å². The molecule has 5 heteroatoms. The van der Waals surface area contributed by atoms with E-state index in [-0.39, 0.29) is 12.0 Å². The third-order valence-electron chi connectivity index (χ3n) is 3.14. The third kappa shape index (κ3) is 2.92. The van der Waals surface area contributed by atoms with E-state index >= 15 is 0 Å². The molecule has 5 nitrogen and oxygen atoms in total. The van der Waals surface area contributed by atoms with Gasteiger partial charge in [0.25, 0.3) is 0 Å². The first-order valence-electron chi connectivity index (χ1n) is 5.94. The number of carbonyl (C=O) groups is 1. The van der Waals surface area contributed by atoms with Crippen molar-refractivity contribution in [2.24, 2.45) is 5.92 Å². The van der Waals surface area contributed by atoms with Crippen LogP contribution in [0.4, 0.5) is 0 Å². The van der Waals surface area contributed by atoms with Gasteiger partial charge in [-0.25, -0.2) is 0 Å². The molecule has 0 bridgehead atoms. The van der Waals surface area contributed by atoms with Crippen LogP contribution in [0.2, 0.25) is 0 Å². The average Bonchev–Trinajstić information content (AvgIpc) is 2.85. The van der Waals surface area contributed by atoms with Gasteiger partial charge >= 0.3 is 5.97 Å². The van der Waals surface area contributed by atoms with Gasteiger partial charge in [0.15, 0.2) is 0 Å². The van der Waals surface area contributed by atoms with Crippen molar-refractivity contribution in [2.45, 2.75) is 12.5 Å². The molecule has 0 aromatic heterocycles. The van der Waals surface area contributed by atoms with Crippen molar-refractivity contribution in [3.63, 3.8) is 0 Å². The molecule has 1 aromatic rings. The monoisotopic (exact) mass is 251 g/mol. The van der Waals surface area contributed by atoms with E-state index in [9.17, 15) is 4.79 Å². The van der Waals surface area contributed by atoms with E-state index in [1.54, 1.807) is 13.2 Å². The topological polar surface area (TPSA) is 67.8 Å². The fourth-order valence-electron chi connectivity index (χ4n) is 2.12. The number of benzene rings is 1. The minimum absolute atomic E-state index is 0.131. The summed E-state index contributed by atoms with van der Waals surface area (Å²) in [7, 11) is 1.60. The minimum atomic E-state index is -0.765. The van der Waals surface area contributed by atoms with Gasteiger partial charge in [-0.3, -0.25) is 4.79 Å². The van der Waals surface area contributed by atoms with Crippen LogP contribution in [0.3, 0.4) is 0 Å². The Labute approximate surface area is 106 Å².